The normalized spacial score (nSPS) is 11.3. The van der Waals surface area contributed by atoms with Crippen molar-refractivity contribution in [3.05, 3.63) is 70.8 Å². The summed E-state index contributed by atoms with van der Waals surface area (Å²) in [6.45, 7) is 6.54. The minimum Gasteiger partial charge on any atom is -0.444 e. The molecule has 140 valence electrons. The Bertz CT molecular complexity index is 657. The Balaban J connectivity index is 2.17. The molecule has 0 aliphatic carbocycles. The average Bonchev–Trinajstić information content (AvgIpc) is 2.61. The van der Waals surface area contributed by atoms with E-state index >= 15 is 0 Å². The van der Waals surface area contributed by atoms with Gasteiger partial charge in [-0.25, -0.2) is 4.79 Å². The van der Waals surface area contributed by atoms with Gasteiger partial charge in [-0.2, -0.15) is 0 Å². The van der Waals surface area contributed by atoms with Crippen LogP contribution < -0.4 is 0 Å². The lowest BCUT2D eigenvalue weighted by Crippen LogP contribution is -2.36. The van der Waals surface area contributed by atoms with E-state index in [2.05, 4.69) is 0 Å². The summed E-state index contributed by atoms with van der Waals surface area (Å²) in [5.41, 5.74) is 3.62. The van der Waals surface area contributed by atoms with Crippen LogP contribution in [0.2, 0.25) is 0 Å². The van der Waals surface area contributed by atoms with Crippen molar-refractivity contribution in [2.75, 3.05) is 0 Å². The fraction of sp³-hybridized carbons (Fsp3) is 0.381. The lowest BCUT2D eigenvalue weighted by atomic mass is 10.1. The van der Waals surface area contributed by atoms with Crippen LogP contribution in [0, 0.1) is 0 Å². The summed E-state index contributed by atoms with van der Waals surface area (Å²) in [4.78, 5) is 14.4. The number of benzene rings is 2. The highest BCUT2D eigenvalue weighted by molar-refractivity contribution is 6.17. The number of hydrogen-bond donors (Lipinski definition) is 0. The Morgan fingerprint density at radius 3 is 1.46 bits per heavy atom. The van der Waals surface area contributed by atoms with Crippen LogP contribution >= 0.6 is 23.2 Å². The van der Waals surface area contributed by atoms with Crippen LogP contribution in [0.4, 0.5) is 4.79 Å². The van der Waals surface area contributed by atoms with Gasteiger partial charge in [-0.1, -0.05) is 48.5 Å². The zero-order valence-corrected chi connectivity index (χ0v) is 17.0. The zero-order chi connectivity index (χ0) is 19.2. The molecule has 0 spiro atoms. The van der Waals surface area contributed by atoms with Crippen LogP contribution in [0.15, 0.2) is 48.5 Å². The first-order chi connectivity index (χ1) is 12.3. The third-order valence-electron chi connectivity index (χ3n) is 3.75. The van der Waals surface area contributed by atoms with E-state index in [0.717, 1.165) is 22.3 Å². The maximum atomic E-state index is 12.7. The number of alkyl halides is 2. The standard InChI is InChI=1S/C21H25Cl2NO2/c1-21(2,3)26-20(25)24(14-18-8-4-16(12-22)5-9-18)15-19-10-6-17(13-23)7-11-19/h4-11H,12-15H2,1-3H3. The van der Waals surface area contributed by atoms with Crippen molar-refractivity contribution in [1.29, 1.82) is 0 Å². The molecule has 0 heterocycles. The van der Waals surface area contributed by atoms with Crippen LogP contribution in [0.5, 0.6) is 0 Å². The fourth-order valence-electron chi connectivity index (χ4n) is 2.42. The maximum Gasteiger partial charge on any atom is 0.410 e. The molecule has 3 nitrogen and oxygen atoms in total. The molecule has 26 heavy (non-hydrogen) atoms. The molecule has 2 aromatic carbocycles. The summed E-state index contributed by atoms with van der Waals surface area (Å²) in [5.74, 6) is 0.950. The van der Waals surface area contributed by atoms with Crippen molar-refractivity contribution in [2.24, 2.45) is 0 Å². The summed E-state index contributed by atoms with van der Waals surface area (Å²) in [6.07, 6.45) is -0.333. The second-order valence-electron chi connectivity index (χ2n) is 7.24. The Morgan fingerprint density at radius 2 is 1.15 bits per heavy atom. The van der Waals surface area contributed by atoms with Crippen LogP contribution in [0.3, 0.4) is 0 Å². The van der Waals surface area contributed by atoms with Crippen molar-refractivity contribution < 1.29 is 9.53 Å². The van der Waals surface area contributed by atoms with Gasteiger partial charge in [0.2, 0.25) is 0 Å². The van der Waals surface area contributed by atoms with Gasteiger partial charge in [-0.3, -0.25) is 4.90 Å². The number of amides is 1. The van der Waals surface area contributed by atoms with Gasteiger partial charge in [0.1, 0.15) is 5.60 Å². The molecule has 0 saturated heterocycles. The highest BCUT2D eigenvalue weighted by Crippen LogP contribution is 2.17. The minimum absolute atomic E-state index is 0.333. The van der Waals surface area contributed by atoms with Crippen LogP contribution in [0.25, 0.3) is 0 Å². The quantitative estimate of drug-likeness (QED) is 0.554. The molecule has 1 amide bonds. The SMILES string of the molecule is CC(C)(C)OC(=O)N(Cc1ccc(CCl)cc1)Cc1ccc(CCl)cc1. The number of halogens is 2. The second-order valence-corrected chi connectivity index (χ2v) is 7.77. The predicted octanol–water partition coefficient (Wildman–Crippen LogP) is 6.10. The third kappa shape index (κ3) is 6.54. The van der Waals surface area contributed by atoms with Crippen LogP contribution in [-0.2, 0) is 29.6 Å². The lowest BCUT2D eigenvalue weighted by molar-refractivity contribution is 0.0216. The predicted molar refractivity (Wildman–Crippen MR) is 107 cm³/mol. The van der Waals surface area contributed by atoms with Gasteiger partial charge in [-0.05, 0) is 43.0 Å². The van der Waals surface area contributed by atoms with Gasteiger partial charge >= 0.3 is 6.09 Å². The first kappa shape index (κ1) is 20.6. The molecule has 0 aliphatic heterocycles. The van der Waals surface area contributed by atoms with Gasteiger partial charge in [-0.15, -0.1) is 23.2 Å². The molecule has 2 aromatic rings. The Labute approximate surface area is 165 Å². The summed E-state index contributed by atoms with van der Waals surface area (Å²) in [7, 11) is 0. The molecule has 0 saturated carbocycles. The third-order valence-corrected chi connectivity index (χ3v) is 4.37. The van der Waals surface area contributed by atoms with Gasteiger partial charge in [0.15, 0.2) is 0 Å². The molecule has 0 unspecified atom stereocenters. The highest BCUT2D eigenvalue weighted by Gasteiger charge is 2.22. The minimum atomic E-state index is -0.541. The molecule has 2 rings (SSSR count). The zero-order valence-electron chi connectivity index (χ0n) is 15.5. The molecule has 0 aromatic heterocycles. The van der Waals surface area contributed by atoms with E-state index in [0.29, 0.717) is 24.8 Å². The molecular formula is C21H25Cl2NO2. The largest absolute Gasteiger partial charge is 0.444 e. The van der Waals surface area contributed by atoms with Crippen molar-refractivity contribution in [2.45, 2.75) is 51.2 Å². The number of hydrogen-bond acceptors (Lipinski definition) is 2. The molecule has 0 aliphatic rings. The smallest absolute Gasteiger partial charge is 0.410 e. The van der Waals surface area contributed by atoms with E-state index in [-0.39, 0.29) is 6.09 Å². The first-order valence-corrected chi connectivity index (χ1v) is 9.63. The van der Waals surface area contributed by atoms with E-state index in [1.165, 1.54) is 0 Å². The number of ether oxygens (including phenoxy) is 1. The van der Waals surface area contributed by atoms with E-state index in [1.807, 2.05) is 69.3 Å². The Kier molecular flexibility index (Phi) is 7.36. The van der Waals surface area contributed by atoms with Crippen LogP contribution in [0.1, 0.15) is 43.0 Å². The Hall–Kier alpha value is -1.71. The van der Waals surface area contributed by atoms with Gasteiger partial charge in [0.05, 0.1) is 0 Å². The van der Waals surface area contributed by atoms with Gasteiger partial charge in [0, 0.05) is 24.8 Å². The molecule has 0 N–H and O–H groups in total. The van der Waals surface area contributed by atoms with E-state index < -0.39 is 5.60 Å². The Morgan fingerprint density at radius 1 is 0.808 bits per heavy atom. The van der Waals surface area contributed by atoms with E-state index in [9.17, 15) is 4.79 Å². The number of carbonyl (C=O) groups is 1. The van der Waals surface area contributed by atoms with Crippen molar-refractivity contribution in [3.63, 3.8) is 0 Å². The van der Waals surface area contributed by atoms with Crippen LogP contribution in [-0.4, -0.2) is 16.6 Å². The molecule has 5 heteroatoms. The first-order valence-electron chi connectivity index (χ1n) is 8.56. The van der Waals surface area contributed by atoms with Crippen molar-refractivity contribution in [1.82, 2.24) is 4.90 Å². The summed E-state index contributed by atoms with van der Waals surface area (Å²) in [5, 5.41) is 0. The topological polar surface area (TPSA) is 29.5 Å². The highest BCUT2D eigenvalue weighted by atomic mass is 35.5. The fourth-order valence-corrected chi connectivity index (χ4v) is 2.78. The monoisotopic (exact) mass is 393 g/mol. The maximum absolute atomic E-state index is 12.7. The molecule has 0 atom stereocenters. The number of rotatable bonds is 6. The number of nitrogens with zero attached hydrogens (tertiary/aromatic N) is 1. The second kappa shape index (κ2) is 9.29. The summed E-state index contributed by atoms with van der Waals surface area (Å²) >= 11 is 11.7. The van der Waals surface area contributed by atoms with Crippen molar-refractivity contribution in [3.8, 4) is 0 Å². The molecule has 0 radical (unpaired) electrons. The molecular weight excluding hydrogens is 369 g/mol. The lowest BCUT2D eigenvalue weighted by Gasteiger charge is -2.27. The van der Waals surface area contributed by atoms with E-state index in [4.69, 9.17) is 27.9 Å². The number of carbonyl (C=O) groups excluding carboxylic acids is 1. The van der Waals surface area contributed by atoms with Gasteiger partial charge < -0.3 is 4.74 Å². The van der Waals surface area contributed by atoms with Gasteiger partial charge in [0.25, 0.3) is 0 Å². The van der Waals surface area contributed by atoms with Crippen molar-refractivity contribution >= 4 is 29.3 Å². The molecule has 0 bridgehead atoms. The molecule has 0 fully saturated rings. The van der Waals surface area contributed by atoms with E-state index in [1.54, 1.807) is 4.90 Å². The summed E-state index contributed by atoms with van der Waals surface area (Å²) < 4.78 is 5.58. The average molecular weight is 394 g/mol. The summed E-state index contributed by atoms with van der Waals surface area (Å²) in [6, 6.07) is 15.9.